The van der Waals surface area contributed by atoms with Crippen LogP contribution in [0.4, 0.5) is 22.0 Å². The Bertz CT molecular complexity index is 535. The van der Waals surface area contributed by atoms with Crippen molar-refractivity contribution in [2.45, 2.75) is 19.5 Å². The van der Waals surface area contributed by atoms with Crippen LogP contribution in [-0.2, 0) is 10.9 Å². The minimum absolute atomic E-state index is 0.140. The molecule has 0 aromatic carbocycles. The Kier molecular flexibility index (Phi) is 4.28. The Hall–Kier alpha value is -1.93. The van der Waals surface area contributed by atoms with Crippen LogP contribution in [0.25, 0.3) is 0 Å². The number of nitrogens with one attached hydrogen (secondary N) is 1. The van der Waals surface area contributed by atoms with Gasteiger partial charge in [0.2, 0.25) is 0 Å². The third-order valence-corrected chi connectivity index (χ3v) is 2.07. The van der Waals surface area contributed by atoms with Crippen molar-refractivity contribution in [3.05, 3.63) is 33.2 Å². The number of pyridine rings is 1. The lowest BCUT2D eigenvalue weighted by Crippen LogP contribution is -2.24. The molecule has 0 aliphatic heterocycles. The highest BCUT2D eigenvalue weighted by Crippen LogP contribution is 2.33. The van der Waals surface area contributed by atoms with Crippen molar-refractivity contribution in [3.8, 4) is 0 Å². The summed E-state index contributed by atoms with van der Waals surface area (Å²) in [7, 11) is 0. The zero-order valence-electron chi connectivity index (χ0n) is 9.48. The van der Waals surface area contributed by atoms with Gasteiger partial charge in [-0.25, -0.2) is 13.6 Å². The Morgan fingerprint density at radius 1 is 1.42 bits per heavy atom. The van der Waals surface area contributed by atoms with Crippen LogP contribution < -0.4 is 5.43 Å². The fourth-order valence-corrected chi connectivity index (χ4v) is 1.33. The molecule has 0 saturated heterocycles. The van der Waals surface area contributed by atoms with E-state index in [1.54, 1.807) is 0 Å². The predicted octanol–water partition coefficient (Wildman–Crippen LogP) is 2.51. The van der Waals surface area contributed by atoms with Crippen LogP contribution >= 0.6 is 0 Å². The van der Waals surface area contributed by atoms with E-state index < -0.39 is 41.0 Å². The SMILES string of the molecule is CCOC(=O)c1cc(=O)c(C(F)F)c(C(F)(F)F)[nH]1. The number of aromatic amines is 1. The topological polar surface area (TPSA) is 59.2 Å². The minimum atomic E-state index is -5.21. The normalized spacial score (nSPS) is 11.7. The van der Waals surface area contributed by atoms with Crippen LogP contribution in [-0.4, -0.2) is 17.6 Å². The van der Waals surface area contributed by atoms with Crippen molar-refractivity contribution in [2.24, 2.45) is 0 Å². The molecule has 1 N–H and O–H groups in total. The smallest absolute Gasteiger partial charge is 0.431 e. The van der Waals surface area contributed by atoms with Gasteiger partial charge in [-0.2, -0.15) is 13.2 Å². The fourth-order valence-electron chi connectivity index (χ4n) is 1.33. The van der Waals surface area contributed by atoms with Gasteiger partial charge in [-0.3, -0.25) is 4.79 Å². The van der Waals surface area contributed by atoms with Crippen LogP contribution in [0, 0.1) is 0 Å². The Morgan fingerprint density at radius 3 is 2.42 bits per heavy atom. The number of esters is 1. The summed E-state index contributed by atoms with van der Waals surface area (Å²) in [4.78, 5) is 23.9. The quantitative estimate of drug-likeness (QED) is 0.685. The van der Waals surface area contributed by atoms with E-state index >= 15 is 0 Å². The Labute approximate surface area is 103 Å². The van der Waals surface area contributed by atoms with E-state index in [-0.39, 0.29) is 6.61 Å². The zero-order chi connectivity index (χ0) is 14.8. The van der Waals surface area contributed by atoms with Gasteiger partial charge < -0.3 is 9.72 Å². The van der Waals surface area contributed by atoms with E-state index in [1.165, 1.54) is 11.9 Å². The number of ether oxygens (including phenoxy) is 1. The van der Waals surface area contributed by atoms with Crippen molar-refractivity contribution >= 4 is 5.97 Å². The number of rotatable bonds is 3. The summed E-state index contributed by atoms with van der Waals surface area (Å²) in [6.45, 7) is 1.26. The predicted molar refractivity (Wildman–Crippen MR) is 53.0 cm³/mol. The number of halogens is 5. The number of alkyl halides is 5. The van der Waals surface area contributed by atoms with Crippen LogP contribution in [0.3, 0.4) is 0 Å². The molecule has 1 aromatic heterocycles. The van der Waals surface area contributed by atoms with Gasteiger partial charge in [0.15, 0.2) is 5.43 Å². The first-order valence-electron chi connectivity index (χ1n) is 4.98. The molecule has 0 spiro atoms. The Morgan fingerprint density at radius 2 is 2.00 bits per heavy atom. The molecule has 0 fully saturated rings. The summed E-state index contributed by atoms with van der Waals surface area (Å²) in [5, 5.41) is 0. The Balaban J connectivity index is 3.49. The summed E-state index contributed by atoms with van der Waals surface area (Å²) in [5.41, 5.74) is -6.08. The van der Waals surface area contributed by atoms with Gasteiger partial charge in [0.05, 0.1) is 12.2 Å². The van der Waals surface area contributed by atoms with E-state index in [0.717, 1.165) is 0 Å². The number of carbonyl (C=O) groups is 1. The molecule has 0 amide bonds. The number of hydrogen-bond donors (Lipinski definition) is 1. The molecule has 1 rings (SSSR count). The second-order valence-electron chi connectivity index (χ2n) is 3.35. The molecule has 9 heteroatoms. The van der Waals surface area contributed by atoms with Crippen LogP contribution in [0.15, 0.2) is 10.9 Å². The van der Waals surface area contributed by atoms with E-state index in [0.29, 0.717) is 6.07 Å². The van der Waals surface area contributed by atoms with Gasteiger partial charge in [0.1, 0.15) is 11.4 Å². The molecular formula is C10H8F5NO3. The fraction of sp³-hybridized carbons (Fsp3) is 0.400. The highest BCUT2D eigenvalue weighted by Gasteiger charge is 2.39. The van der Waals surface area contributed by atoms with Gasteiger partial charge in [0, 0.05) is 6.07 Å². The van der Waals surface area contributed by atoms with Crippen molar-refractivity contribution in [1.29, 1.82) is 0 Å². The van der Waals surface area contributed by atoms with Crippen molar-refractivity contribution in [2.75, 3.05) is 6.61 Å². The number of hydrogen-bond acceptors (Lipinski definition) is 3. The molecule has 0 aliphatic carbocycles. The van der Waals surface area contributed by atoms with Gasteiger partial charge in [0.25, 0.3) is 6.43 Å². The van der Waals surface area contributed by atoms with Gasteiger partial charge in [-0.1, -0.05) is 0 Å². The average Bonchev–Trinajstić information content (AvgIpc) is 2.26. The van der Waals surface area contributed by atoms with E-state index in [2.05, 4.69) is 4.74 Å². The largest absolute Gasteiger partial charge is 0.461 e. The van der Waals surface area contributed by atoms with Crippen LogP contribution in [0.2, 0.25) is 0 Å². The lowest BCUT2D eigenvalue weighted by atomic mass is 10.1. The molecular weight excluding hydrogens is 277 g/mol. The standard InChI is InChI=1S/C10H8F5NO3/c1-2-19-9(18)4-3-5(17)6(8(11)12)7(16-4)10(13,14)15/h3,8H,2H2,1H3,(H,16,17). The summed E-state index contributed by atoms with van der Waals surface area (Å²) < 4.78 is 67.0. The average molecular weight is 285 g/mol. The second-order valence-corrected chi connectivity index (χ2v) is 3.35. The lowest BCUT2D eigenvalue weighted by Gasteiger charge is -2.13. The summed E-state index contributed by atoms with van der Waals surface area (Å²) in [6, 6.07) is 0.356. The van der Waals surface area contributed by atoms with E-state index in [1.807, 2.05) is 0 Å². The van der Waals surface area contributed by atoms with Crippen molar-refractivity contribution < 1.29 is 31.5 Å². The molecule has 0 saturated carbocycles. The first-order chi connectivity index (χ1) is 8.68. The maximum absolute atomic E-state index is 12.6. The number of carbonyl (C=O) groups excluding carboxylic acids is 1. The first kappa shape index (κ1) is 15.1. The lowest BCUT2D eigenvalue weighted by molar-refractivity contribution is -0.143. The van der Waals surface area contributed by atoms with Gasteiger partial charge in [-0.05, 0) is 6.92 Å². The molecule has 106 valence electrons. The molecule has 0 unspecified atom stereocenters. The third kappa shape index (κ3) is 3.30. The van der Waals surface area contributed by atoms with Crippen molar-refractivity contribution in [1.82, 2.24) is 4.98 Å². The van der Waals surface area contributed by atoms with Gasteiger partial charge >= 0.3 is 12.1 Å². The van der Waals surface area contributed by atoms with Gasteiger partial charge in [-0.15, -0.1) is 0 Å². The summed E-state index contributed by atoms with van der Waals surface area (Å²) >= 11 is 0. The summed E-state index contributed by atoms with van der Waals surface area (Å²) in [5.74, 6) is -1.23. The zero-order valence-corrected chi connectivity index (χ0v) is 9.48. The van der Waals surface area contributed by atoms with Crippen LogP contribution in [0.5, 0.6) is 0 Å². The number of aromatic nitrogens is 1. The first-order valence-corrected chi connectivity index (χ1v) is 4.98. The molecule has 0 aliphatic rings. The second kappa shape index (κ2) is 5.37. The highest BCUT2D eigenvalue weighted by atomic mass is 19.4. The molecule has 1 heterocycles. The molecule has 19 heavy (non-hydrogen) atoms. The van der Waals surface area contributed by atoms with E-state index in [4.69, 9.17) is 0 Å². The number of H-pyrrole nitrogens is 1. The highest BCUT2D eigenvalue weighted by molar-refractivity contribution is 5.87. The maximum atomic E-state index is 12.6. The molecule has 1 aromatic rings. The van der Waals surface area contributed by atoms with E-state index in [9.17, 15) is 31.5 Å². The maximum Gasteiger partial charge on any atom is 0.431 e. The minimum Gasteiger partial charge on any atom is -0.461 e. The molecule has 0 atom stereocenters. The summed E-state index contributed by atoms with van der Waals surface area (Å²) in [6.07, 6.45) is -8.83. The van der Waals surface area contributed by atoms with Crippen LogP contribution in [0.1, 0.15) is 35.1 Å². The molecule has 0 radical (unpaired) electrons. The van der Waals surface area contributed by atoms with Crippen molar-refractivity contribution in [3.63, 3.8) is 0 Å². The molecule has 4 nitrogen and oxygen atoms in total. The monoisotopic (exact) mass is 285 g/mol. The molecule has 0 bridgehead atoms. The third-order valence-electron chi connectivity index (χ3n) is 2.07.